The van der Waals surface area contributed by atoms with Crippen LogP contribution in [0.15, 0.2) is 30.3 Å². The van der Waals surface area contributed by atoms with Crippen molar-refractivity contribution in [3.05, 3.63) is 41.5 Å². The van der Waals surface area contributed by atoms with Crippen molar-refractivity contribution in [1.29, 1.82) is 0 Å². The number of methoxy groups -OCH3 is 1. The van der Waals surface area contributed by atoms with Crippen molar-refractivity contribution in [2.45, 2.75) is 49.3 Å². The van der Waals surface area contributed by atoms with E-state index in [0.29, 0.717) is 11.1 Å². The number of ether oxygens (including phenoxy) is 4. The number of rotatable bonds is 5. The molecular weight excluding hydrogens is 440 g/mol. The van der Waals surface area contributed by atoms with Gasteiger partial charge in [-0.3, -0.25) is 0 Å². The molecule has 11 heteroatoms. The van der Waals surface area contributed by atoms with E-state index in [1.165, 1.54) is 31.4 Å². The summed E-state index contributed by atoms with van der Waals surface area (Å²) in [5, 5.41) is 70.2. The number of phenolic OH excluding ortho intramolecular Hbond substituents is 2. The second-order valence-corrected chi connectivity index (χ2v) is 7.98. The Balaban J connectivity index is 1.59. The van der Waals surface area contributed by atoms with E-state index in [1.54, 1.807) is 6.07 Å². The number of benzene rings is 2. The molecule has 1 saturated heterocycles. The van der Waals surface area contributed by atoms with Crippen LogP contribution in [0.4, 0.5) is 0 Å². The van der Waals surface area contributed by atoms with Crippen molar-refractivity contribution in [2.75, 3.05) is 13.7 Å². The van der Waals surface area contributed by atoms with E-state index in [-0.39, 0.29) is 35.2 Å². The van der Waals surface area contributed by atoms with Crippen molar-refractivity contribution in [3.8, 4) is 28.7 Å². The molecule has 7 N–H and O–H groups in total. The molecule has 0 radical (unpaired) electrons. The van der Waals surface area contributed by atoms with Gasteiger partial charge in [-0.05, 0) is 17.7 Å². The molecular formula is C22H26O11. The molecule has 4 rings (SSSR count). The molecule has 1 fully saturated rings. The summed E-state index contributed by atoms with van der Waals surface area (Å²) in [5.74, 6) is 0.135. The standard InChI is InChI=1S/C22H26O11/c1-30-16-4-9(2-3-12(16)24)21-14(26)7-11-13(25)5-10(6-15(11)32-21)31-22-20(29)19(28)18(27)17(8-23)33-22/h2-6,14,17-29H,7-8H2,1H3/t14-,17+,18+,19+,20+,21-,22+/m1/s1. The minimum Gasteiger partial charge on any atom is -0.507 e. The molecule has 0 aliphatic carbocycles. The first-order valence-electron chi connectivity index (χ1n) is 10.3. The molecule has 180 valence electrons. The molecule has 2 aromatic carbocycles. The lowest BCUT2D eigenvalue weighted by atomic mass is 9.94. The quantitative estimate of drug-likeness (QED) is 0.297. The Morgan fingerprint density at radius 2 is 1.73 bits per heavy atom. The monoisotopic (exact) mass is 466 g/mol. The zero-order chi connectivity index (χ0) is 23.9. The molecule has 2 aromatic rings. The van der Waals surface area contributed by atoms with Gasteiger partial charge < -0.3 is 54.7 Å². The van der Waals surface area contributed by atoms with E-state index in [9.17, 15) is 35.7 Å². The van der Waals surface area contributed by atoms with E-state index in [4.69, 9.17) is 18.9 Å². The van der Waals surface area contributed by atoms with Crippen molar-refractivity contribution in [2.24, 2.45) is 0 Å². The van der Waals surface area contributed by atoms with Crippen molar-refractivity contribution in [1.82, 2.24) is 0 Å². The lowest BCUT2D eigenvalue weighted by Gasteiger charge is -2.39. The molecule has 0 aromatic heterocycles. The van der Waals surface area contributed by atoms with Gasteiger partial charge in [0.15, 0.2) is 11.5 Å². The molecule has 0 amide bonds. The van der Waals surface area contributed by atoms with E-state index in [2.05, 4.69) is 0 Å². The Kier molecular flexibility index (Phi) is 6.52. The van der Waals surface area contributed by atoms with E-state index in [0.717, 1.165) is 0 Å². The first kappa shape index (κ1) is 23.4. The number of aliphatic hydroxyl groups excluding tert-OH is 5. The van der Waals surface area contributed by atoms with Crippen molar-refractivity contribution in [3.63, 3.8) is 0 Å². The summed E-state index contributed by atoms with van der Waals surface area (Å²) < 4.78 is 21.9. The van der Waals surface area contributed by atoms with Crippen LogP contribution in [0.25, 0.3) is 0 Å². The minimum atomic E-state index is -1.62. The van der Waals surface area contributed by atoms with Gasteiger partial charge in [-0.25, -0.2) is 0 Å². The largest absolute Gasteiger partial charge is 0.507 e. The molecule has 11 nitrogen and oxygen atoms in total. The summed E-state index contributed by atoms with van der Waals surface area (Å²) in [4.78, 5) is 0. The maximum atomic E-state index is 10.6. The van der Waals surface area contributed by atoms with Gasteiger partial charge in [0.25, 0.3) is 0 Å². The SMILES string of the molecule is COc1cc([C@H]2Oc3cc(O[C@H]4O[C@@H](CO)[C@H](O)[C@H](O)[C@@H]4O)cc(O)c3C[C@H]2O)ccc1O. The molecule has 33 heavy (non-hydrogen) atoms. The Morgan fingerprint density at radius 3 is 2.42 bits per heavy atom. The van der Waals surface area contributed by atoms with Gasteiger partial charge in [-0.1, -0.05) is 6.07 Å². The van der Waals surface area contributed by atoms with Gasteiger partial charge in [0.05, 0.1) is 19.8 Å². The Morgan fingerprint density at radius 1 is 0.970 bits per heavy atom. The van der Waals surface area contributed by atoms with Gasteiger partial charge >= 0.3 is 0 Å². The number of hydrogen-bond donors (Lipinski definition) is 7. The molecule has 2 aliphatic rings. The fourth-order valence-corrected chi connectivity index (χ4v) is 3.98. The molecule has 0 saturated carbocycles. The van der Waals surface area contributed by atoms with Crippen LogP contribution in [0.3, 0.4) is 0 Å². The third kappa shape index (κ3) is 4.38. The van der Waals surface area contributed by atoms with Gasteiger partial charge in [0.2, 0.25) is 6.29 Å². The molecule has 7 atom stereocenters. The van der Waals surface area contributed by atoms with E-state index >= 15 is 0 Å². The van der Waals surface area contributed by atoms with Crippen molar-refractivity contribution >= 4 is 0 Å². The fraction of sp³-hybridized carbons (Fsp3) is 0.455. The van der Waals surface area contributed by atoms with Gasteiger partial charge in [-0.2, -0.15) is 0 Å². The van der Waals surface area contributed by atoms with Crippen LogP contribution in [0.1, 0.15) is 17.2 Å². The number of hydrogen-bond acceptors (Lipinski definition) is 11. The highest BCUT2D eigenvalue weighted by Crippen LogP contribution is 2.43. The lowest BCUT2D eigenvalue weighted by Crippen LogP contribution is -2.60. The Hall–Kier alpha value is -2.80. The highest BCUT2D eigenvalue weighted by Gasteiger charge is 2.45. The van der Waals surface area contributed by atoms with Crippen LogP contribution >= 0.6 is 0 Å². The number of aromatic hydroxyl groups is 2. The van der Waals surface area contributed by atoms with E-state index in [1.807, 2.05) is 0 Å². The zero-order valence-corrected chi connectivity index (χ0v) is 17.6. The predicted molar refractivity (Wildman–Crippen MR) is 110 cm³/mol. The van der Waals surface area contributed by atoms with E-state index < -0.39 is 49.5 Å². The van der Waals surface area contributed by atoms with Gasteiger partial charge in [0, 0.05) is 24.1 Å². The third-order valence-corrected chi connectivity index (χ3v) is 5.81. The maximum Gasteiger partial charge on any atom is 0.229 e. The lowest BCUT2D eigenvalue weighted by molar-refractivity contribution is -0.277. The average Bonchev–Trinajstić information content (AvgIpc) is 2.80. The second kappa shape index (κ2) is 9.21. The number of fused-ring (bicyclic) bond motifs is 1. The molecule has 0 bridgehead atoms. The highest BCUT2D eigenvalue weighted by molar-refractivity contribution is 5.52. The third-order valence-electron chi connectivity index (χ3n) is 5.81. The normalized spacial score (nSPS) is 31.4. The van der Waals surface area contributed by atoms with Crippen molar-refractivity contribution < 1.29 is 54.7 Å². The summed E-state index contributed by atoms with van der Waals surface area (Å²) in [6, 6.07) is 7.18. The second-order valence-electron chi connectivity index (χ2n) is 7.98. The molecule has 2 aliphatic heterocycles. The molecule has 2 heterocycles. The Labute approximate surface area is 188 Å². The van der Waals surface area contributed by atoms with Crippen LogP contribution in [-0.2, 0) is 11.2 Å². The summed E-state index contributed by atoms with van der Waals surface area (Å²) in [6.45, 7) is -0.612. The summed E-state index contributed by atoms with van der Waals surface area (Å²) in [5.41, 5.74) is 0.869. The van der Waals surface area contributed by atoms with Crippen LogP contribution in [0.5, 0.6) is 28.7 Å². The summed E-state index contributed by atoms with van der Waals surface area (Å²) >= 11 is 0. The highest BCUT2D eigenvalue weighted by atomic mass is 16.7. The van der Waals surface area contributed by atoms with Crippen LogP contribution < -0.4 is 14.2 Å². The Bertz CT molecular complexity index is 995. The summed E-state index contributed by atoms with van der Waals surface area (Å²) in [7, 11) is 1.40. The van der Waals surface area contributed by atoms with Gasteiger partial charge in [-0.15, -0.1) is 0 Å². The number of phenols is 2. The predicted octanol–water partition coefficient (Wildman–Crippen LogP) is -0.678. The minimum absolute atomic E-state index is 0.0222. The van der Waals surface area contributed by atoms with Gasteiger partial charge in [0.1, 0.15) is 47.8 Å². The molecule has 0 spiro atoms. The zero-order valence-electron chi connectivity index (χ0n) is 17.6. The topological polar surface area (TPSA) is 179 Å². The average molecular weight is 466 g/mol. The fourth-order valence-electron chi connectivity index (χ4n) is 3.98. The van der Waals surface area contributed by atoms with Crippen LogP contribution in [-0.4, -0.2) is 86.3 Å². The van der Waals surface area contributed by atoms with Crippen LogP contribution in [0, 0.1) is 0 Å². The first-order chi connectivity index (χ1) is 15.7. The first-order valence-corrected chi connectivity index (χ1v) is 10.3. The maximum absolute atomic E-state index is 10.6. The summed E-state index contributed by atoms with van der Waals surface area (Å²) in [6.07, 6.45) is -9.15. The molecule has 0 unspecified atom stereocenters. The van der Waals surface area contributed by atoms with Crippen LogP contribution in [0.2, 0.25) is 0 Å². The smallest absolute Gasteiger partial charge is 0.229 e. The number of aliphatic hydroxyl groups is 5.